The number of nitrogens with zero attached hydrogens (tertiary/aromatic N) is 1. The summed E-state index contributed by atoms with van der Waals surface area (Å²) in [5, 5.41) is 3.62. The summed E-state index contributed by atoms with van der Waals surface area (Å²) in [7, 11) is 0. The highest BCUT2D eigenvalue weighted by molar-refractivity contribution is 7.22. The summed E-state index contributed by atoms with van der Waals surface area (Å²) < 4.78 is 7.69. The van der Waals surface area contributed by atoms with Gasteiger partial charge in [0.25, 0.3) is 0 Å². The number of pyridine rings is 1. The van der Waals surface area contributed by atoms with Gasteiger partial charge in [0.2, 0.25) is 0 Å². The molecule has 6 aromatic rings. The van der Waals surface area contributed by atoms with Crippen molar-refractivity contribution >= 4 is 43.4 Å². The summed E-state index contributed by atoms with van der Waals surface area (Å²) in [5.41, 5.74) is 7.87. The van der Waals surface area contributed by atoms with E-state index in [1.165, 1.54) is 37.2 Å². The third-order valence-electron chi connectivity index (χ3n) is 6.70. The standard InChI is InChI=1S/C28H19NOS/c1-28(2)23-19(25-26-17(14-15-29-25)16-8-3-5-12-21(16)30-26)10-7-11-20(23)27-24(28)18-9-4-6-13-22(18)31-27/h3-15H,1-2H3. The number of furan rings is 1. The first-order chi connectivity index (χ1) is 15.1. The van der Waals surface area contributed by atoms with Crippen molar-refractivity contribution in [2.24, 2.45) is 0 Å². The van der Waals surface area contributed by atoms with Crippen LogP contribution in [0.5, 0.6) is 0 Å². The molecule has 0 bridgehead atoms. The first-order valence-electron chi connectivity index (χ1n) is 10.6. The van der Waals surface area contributed by atoms with E-state index >= 15 is 0 Å². The summed E-state index contributed by atoms with van der Waals surface area (Å²) in [6, 6.07) is 25.7. The second kappa shape index (κ2) is 5.83. The summed E-state index contributed by atoms with van der Waals surface area (Å²) in [4.78, 5) is 6.22. The van der Waals surface area contributed by atoms with E-state index < -0.39 is 0 Å². The van der Waals surface area contributed by atoms with Gasteiger partial charge in [0.15, 0.2) is 5.58 Å². The zero-order chi connectivity index (χ0) is 20.7. The van der Waals surface area contributed by atoms with E-state index in [4.69, 9.17) is 9.40 Å². The van der Waals surface area contributed by atoms with Crippen molar-refractivity contribution in [2.45, 2.75) is 19.3 Å². The quantitative estimate of drug-likeness (QED) is 0.270. The fraction of sp³-hybridized carbons (Fsp3) is 0.107. The van der Waals surface area contributed by atoms with Gasteiger partial charge in [0, 0.05) is 37.5 Å². The Bertz CT molecular complexity index is 1670. The molecule has 0 N–H and O–H groups in total. The number of benzene rings is 3. The van der Waals surface area contributed by atoms with E-state index in [-0.39, 0.29) is 5.41 Å². The molecule has 3 aromatic carbocycles. The van der Waals surface area contributed by atoms with Gasteiger partial charge in [-0.2, -0.15) is 0 Å². The lowest BCUT2D eigenvalue weighted by Gasteiger charge is -2.24. The van der Waals surface area contributed by atoms with Gasteiger partial charge in [-0.05, 0) is 40.3 Å². The molecular formula is C28H19NOS. The second-order valence-electron chi connectivity index (χ2n) is 8.79. The van der Waals surface area contributed by atoms with Crippen molar-refractivity contribution in [3.8, 4) is 21.7 Å². The number of hydrogen-bond acceptors (Lipinski definition) is 3. The van der Waals surface area contributed by atoms with Crippen molar-refractivity contribution < 1.29 is 4.42 Å². The average Bonchev–Trinajstić information content (AvgIpc) is 3.43. The summed E-state index contributed by atoms with van der Waals surface area (Å²) in [6.45, 7) is 4.69. The molecule has 0 radical (unpaired) electrons. The molecular weight excluding hydrogens is 398 g/mol. The van der Waals surface area contributed by atoms with E-state index in [1.54, 1.807) is 0 Å². The van der Waals surface area contributed by atoms with Crippen LogP contribution >= 0.6 is 11.3 Å². The SMILES string of the molecule is CC1(C)c2c(cccc2-c2nccc3c2oc2ccccc23)-c2sc3ccccc3c21. The topological polar surface area (TPSA) is 26.0 Å². The Kier molecular flexibility index (Phi) is 3.25. The predicted octanol–water partition coefficient (Wildman–Crippen LogP) is 8.17. The highest BCUT2D eigenvalue weighted by Gasteiger charge is 2.41. The Morgan fingerprint density at radius 3 is 2.42 bits per heavy atom. The molecule has 0 spiro atoms. The first-order valence-corrected chi connectivity index (χ1v) is 11.4. The molecule has 1 aliphatic rings. The van der Waals surface area contributed by atoms with Crippen LogP contribution in [0, 0.1) is 0 Å². The van der Waals surface area contributed by atoms with Gasteiger partial charge in [-0.3, -0.25) is 4.98 Å². The van der Waals surface area contributed by atoms with Gasteiger partial charge in [0.05, 0.1) is 0 Å². The van der Waals surface area contributed by atoms with Crippen LogP contribution in [0.15, 0.2) is 83.4 Å². The van der Waals surface area contributed by atoms with Gasteiger partial charge in [-0.25, -0.2) is 0 Å². The summed E-state index contributed by atoms with van der Waals surface area (Å²) in [6.07, 6.45) is 1.91. The highest BCUT2D eigenvalue weighted by Crippen LogP contribution is 2.57. The Hall–Kier alpha value is -3.43. The van der Waals surface area contributed by atoms with E-state index in [2.05, 4.69) is 74.5 Å². The van der Waals surface area contributed by atoms with Gasteiger partial charge in [-0.15, -0.1) is 11.3 Å². The van der Waals surface area contributed by atoms with Crippen LogP contribution in [0.4, 0.5) is 0 Å². The van der Waals surface area contributed by atoms with E-state index in [0.29, 0.717) is 0 Å². The fourth-order valence-electron chi connectivity index (χ4n) is 5.44. The molecule has 0 amide bonds. The van der Waals surface area contributed by atoms with Crippen LogP contribution < -0.4 is 0 Å². The first kappa shape index (κ1) is 17.3. The molecule has 3 heteroatoms. The molecule has 1 aliphatic carbocycles. The minimum absolute atomic E-state index is 0.114. The van der Waals surface area contributed by atoms with Crippen LogP contribution in [-0.4, -0.2) is 4.98 Å². The van der Waals surface area contributed by atoms with Crippen LogP contribution in [0.3, 0.4) is 0 Å². The van der Waals surface area contributed by atoms with Gasteiger partial charge < -0.3 is 4.42 Å². The smallest absolute Gasteiger partial charge is 0.161 e. The number of hydrogen-bond donors (Lipinski definition) is 0. The number of rotatable bonds is 1. The normalized spacial score (nSPS) is 14.4. The summed E-state index contributed by atoms with van der Waals surface area (Å²) in [5.74, 6) is 0. The number of thiophene rings is 1. The molecule has 0 fully saturated rings. The molecule has 0 atom stereocenters. The lowest BCUT2D eigenvalue weighted by atomic mass is 9.78. The van der Waals surface area contributed by atoms with Crippen molar-refractivity contribution in [3.63, 3.8) is 0 Å². The van der Waals surface area contributed by atoms with Crippen molar-refractivity contribution in [3.05, 3.63) is 90.1 Å². The fourth-order valence-corrected chi connectivity index (χ4v) is 6.83. The van der Waals surface area contributed by atoms with Crippen LogP contribution in [-0.2, 0) is 5.41 Å². The lowest BCUT2D eigenvalue weighted by molar-refractivity contribution is 0.662. The zero-order valence-corrected chi connectivity index (χ0v) is 18.1. The maximum Gasteiger partial charge on any atom is 0.161 e. The molecule has 0 aliphatic heterocycles. The Balaban J connectivity index is 1.57. The van der Waals surface area contributed by atoms with Gasteiger partial charge in [0.1, 0.15) is 11.3 Å². The number of aromatic nitrogens is 1. The monoisotopic (exact) mass is 417 g/mol. The molecule has 7 rings (SSSR count). The van der Waals surface area contributed by atoms with Crippen LogP contribution in [0.1, 0.15) is 25.0 Å². The molecule has 3 aromatic heterocycles. The molecule has 0 saturated heterocycles. The molecule has 148 valence electrons. The Morgan fingerprint density at radius 2 is 1.52 bits per heavy atom. The zero-order valence-electron chi connectivity index (χ0n) is 17.3. The predicted molar refractivity (Wildman–Crippen MR) is 130 cm³/mol. The third-order valence-corrected chi connectivity index (χ3v) is 7.91. The van der Waals surface area contributed by atoms with E-state index in [9.17, 15) is 0 Å². The van der Waals surface area contributed by atoms with Crippen LogP contribution in [0.25, 0.3) is 53.7 Å². The Morgan fingerprint density at radius 1 is 0.742 bits per heavy atom. The maximum atomic E-state index is 6.33. The molecule has 0 unspecified atom stereocenters. The van der Waals surface area contributed by atoms with E-state index in [1.807, 2.05) is 29.7 Å². The minimum Gasteiger partial charge on any atom is -0.454 e. The Labute approximate surface area is 183 Å². The molecule has 2 nitrogen and oxygen atoms in total. The van der Waals surface area contributed by atoms with Crippen molar-refractivity contribution in [2.75, 3.05) is 0 Å². The minimum atomic E-state index is -0.114. The summed E-state index contributed by atoms with van der Waals surface area (Å²) >= 11 is 1.90. The largest absolute Gasteiger partial charge is 0.454 e. The third kappa shape index (κ3) is 2.14. The molecule has 0 saturated carbocycles. The second-order valence-corrected chi connectivity index (χ2v) is 9.84. The lowest BCUT2D eigenvalue weighted by Crippen LogP contribution is -2.16. The number of para-hydroxylation sites is 1. The van der Waals surface area contributed by atoms with Crippen molar-refractivity contribution in [1.82, 2.24) is 4.98 Å². The van der Waals surface area contributed by atoms with Crippen molar-refractivity contribution in [1.29, 1.82) is 0 Å². The van der Waals surface area contributed by atoms with Crippen LogP contribution in [0.2, 0.25) is 0 Å². The average molecular weight is 418 g/mol. The number of fused-ring (bicyclic) bond motifs is 8. The van der Waals surface area contributed by atoms with Gasteiger partial charge in [-0.1, -0.05) is 68.4 Å². The molecule has 3 heterocycles. The maximum absolute atomic E-state index is 6.33. The van der Waals surface area contributed by atoms with Gasteiger partial charge >= 0.3 is 0 Å². The van der Waals surface area contributed by atoms with E-state index in [0.717, 1.165) is 27.6 Å². The highest BCUT2D eigenvalue weighted by atomic mass is 32.1. The molecule has 31 heavy (non-hydrogen) atoms.